The fourth-order valence-electron chi connectivity index (χ4n) is 2.67. The first-order chi connectivity index (χ1) is 10.1. The van der Waals surface area contributed by atoms with E-state index in [0.29, 0.717) is 0 Å². The maximum Gasteiger partial charge on any atom is 0.302 e. The van der Waals surface area contributed by atoms with Crippen molar-refractivity contribution in [2.45, 2.75) is 39.0 Å². The Morgan fingerprint density at radius 3 is 2.52 bits per heavy atom. The normalized spacial score (nSPS) is 22.0. The summed E-state index contributed by atoms with van der Waals surface area (Å²) in [5, 5.41) is 0. The Labute approximate surface area is 124 Å². The Kier molecular flexibility index (Phi) is 5.33. The number of likely N-dealkylation sites (tertiary alicyclic amines) is 1. The molecule has 0 bridgehead atoms. The predicted molar refractivity (Wildman–Crippen MR) is 77.4 cm³/mol. The molecular weight excluding hydrogens is 270 g/mol. The van der Waals surface area contributed by atoms with Crippen LogP contribution < -0.4 is 0 Å². The van der Waals surface area contributed by atoms with Crippen molar-refractivity contribution in [3.63, 3.8) is 0 Å². The molecule has 0 saturated carbocycles. The van der Waals surface area contributed by atoms with Crippen molar-refractivity contribution in [2.24, 2.45) is 0 Å². The van der Waals surface area contributed by atoms with Crippen LogP contribution in [0.1, 0.15) is 25.8 Å². The van der Waals surface area contributed by atoms with E-state index < -0.39 is 0 Å². The number of ether oxygens (including phenoxy) is 2. The molecule has 1 aliphatic rings. The van der Waals surface area contributed by atoms with Gasteiger partial charge in [0.25, 0.3) is 0 Å². The second kappa shape index (κ2) is 7.22. The number of benzene rings is 1. The van der Waals surface area contributed by atoms with Crippen molar-refractivity contribution in [1.29, 1.82) is 0 Å². The summed E-state index contributed by atoms with van der Waals surface area (Å²) in [4.78, 5) is 24.4. The highest BCUT2D eigenvalue weighted by atomic mass is 16.6. The second-order valence-electron chi connectivity index (χ2n) is 5.26. The first-order valence-corrected chi connectivity index (χ1v) is 7.15. The Bertz CT molecular complexity index is 488. The molecule has 1 aliphatic heterocycles. The van der Waals surface area contributed by atoms with Gasteiger partial charge in [-0.05, 0) is 12.0 Å². The third kappa shape index (κ3) is 4.56. The first kappa shape index (κ1) is 15.5. The molecule has 0 radical (unpaired) electrons. The van der Waals surface area contributed by atoms with Crippen LogP contribution in [0, 0.1) is 0 Å². The first-order valence-electron chi connectivity index (χ1n) is 7.15. The highest BCUT2D eigenvalue weighted by Crippen LogP contribution is 2.24. The van der Waals surface area contributed by atoms with Crippen LogP contribution in [0.15, 0.2) is 30.3 Å². The van der Waals surface area contributed by atoms with E-state index in [0.717, 1.165) is 19.5 Å². The third-order valence-corrected chi connectivity index (χ3v) is 3.60. The molecule has 5 heteroatoms. The van der Waals surface area contributed by atoms with E-state index in [1.54, 1.807) is 0 Å². The minimum absolute atomic E-state index is 0.0852. The summed E-state index contributed by atoms with van der Waals surface area (Å²) >= 11 is 0. The standard InChI is InChI=1S/C16H21NO4/c1-12(18)20-11-15-16(21-13(2)19)8-9-17(15)10-14-6-4-3-5-7-14/h3-7,15-16H,8-11H2,1-2H3. The molecule has 1 aromatic carbocycles. The average Bonchev–Trinajstić information content (AvgIpc) is 2.79. The highest BCUT2D eigenvalue weighted by Gasteiger charge is 2.37. The fraction of sp³-hybridized carbons (Fsp3) is 0.500. The van der Waals surface area contributed by atoms with E-state index in [-0.39, 0.29) is 30.7 Å². The number of esters is 2. The zero-order valence-electron chi connectivity index (χ0n) is 12.5. The van der Waals surface area contributed by atoms with E-state index in [1.807, 2.05) is 18.2 Å². The van der Waals surface area contributed by atoms with E-state index in [4.69, 9.17) is 9.47 Å². The van der Waals surface area contributed by atoms with Crippen molar-refractivity contribution >= 4 is 11.9 Å². The number of hydrogen-bond donors (Lipinski definition) is 0. The molecule has 0 spiro atoms. The lowest BCUT2D eigenvalue weighted by atomic mass is 10.1. The lowest BCUT2D eigenvalue weighted by Gasteiger charge is -2.27. The van der Waals surface area contributed by atoms with Gasteiger partial charge in [-0.25, -0.2) is 0 Å². The maximum atomic E-state index is 11.2. The number of hydrogen-bond acceptors (Lipinski definition) is 5. The summed E-state index contributed by atoms with van der Waals surface area (Å²) in [6.07, 6.45) is 0.545. The van der Waals surface area contributed by atoms with Crippen molar-refractivity contribution in [3.05, 3.63) is 35.9 Å². The Morgan fingerprint density at radius 2 is 1.90 bits per heavy atom. The van der Waals surface area contributed by atoms with Crippen molar-refractivity contribution in [1.82, 2.24) is 4.90 Å². The van der Waals surface area contributed by atoms with Crippen LogP contribution in [0.5, 0.6) is 0 Å². The van der Waals surface area contributed by atoms with Gasteiger partial charge in [0, 0.05) is 26.9 Å². The molecule has 21 heavy (non-hydrogen) atoms. The quantitative estimate of drug-likeness (QED) is 0.774. The predicted octanol–water partition coefficient (Wildman–Crippen LogP) is 1.76. The molecule has 1 saturated heterocycles. The molecule has 0 N–H and O–H groups in total. The molecule has 5 nitrogen and oxygen atoms in total. The summed E-state index contributed by atoms with van der Waals surface area (Å²) in [6.45, 7) is 4.61. The summed E-state index contributed by atoms with van der Waals surface area (Å²) in [7, 11) is 0. The molecular formula is C16H21NO4. The summed E-state index contributed by atoms with van der Waals surface area (Å²) < 4.78 is 10.5. The van der Waals surface area contributed by atoms with Crippen LogP contribution in [0.25, 0.3) is 0 Å². The molecule has 2 unspecified atom stereocenters. The zero-order valence-corrected chi connectivity index (χ0v) is 12.5. The van der Waals surface area contributed by atoms with Gasteiger partial charge in [0.2, 0.25) is 0 Å². The van der Waals surface area contributed by atoms with Gasteiger partial charge in [-0.3, -0.25) is 14.5 Å². The zero-order chi connectivity index (χ0) is 15.2. The summed E-state index contributed by atoms with van der Waals surface area (Å²) in [5.74, 6) is -0.613. The highest BCUT2D eigenvalue weighted by molar-refractivity contribution is 5.66. The van der Waals surface area contributed by atoms with Crippen LogP contribution >= 0.6 is 0 Å². The van der Waals surface area contributed by atoms with E-state index in [9.17, 15) is 9.59 Å². The minimum atomic E-state index is -0.317. The molecule has 1 fully saturated rings. The largest absolute Gasteiger partial charge is 0.464 e. The van der Waals surface area contributed by atoms with Crippen LogP contribution in [0.2, 0.25) is 0 Å². The van der Waals surface area contributed by atoms with E-state index in [1.165, 1.54) is 19.4 Å². The lowest BCUT2D eigenvalue weighted by Crippen LogP contribution is -2.40. The molecule has 114 valence electrons. The van der Waals surface area contributed by atoms with Crippen LogP contribution in [0.3, 0.4) is 0 Å². The third-order valence-electron chi connectivity index (χ3n) is 3.60. The van der Waals surface area contributed by atoms with Crippen LogP contribution in [-0.2, 0) is 25.6 Å². The van der Waals surface area contributed by atoms with E-state index in [2.05, 4.69) is 17.0 Å². The molecule has 0 amide bonds. The van der Waals surface area contributed by atoms with Crippen LogP contribution in [-0.4, -0.2) is 42.1 Å². The van der Waals surface area contributed by atoms with Gasteiger partial charge in [0.05, 0.1) is 6.04 Å². The van der Waals surface area contributed by atoms with Gasteiger partial charge in [0.1, 0.15) is 12.7 Å². The molecule has 1 aromatic rings. The number of rotatable bonds is 5. The number of carbonyl (C=O) groups is 2. The summed E-state index contributed by atoms with van der Waals surface area (Å²) in [6, 6.07) is 10.00. The molecule has 0 aromatic heterocycles. The number of carbonyl (C=O) groups excluding carboxylic acids is 2. The molecule has 2 atom stereocenters. The minimum Gasteiger partial charge on any atom is -0.464 e. The van der Waals surface area contributed by atoms with E-state index >= 15 is 0 Å². The second-order valence-corrected chi connectivity index (χ2v) is 5.26. The Morgan fingerprint density at radius 1 is 1.19 bits per heavy atom. The monoisotopic (exact) mass is 291 g/mol. The van der Waals surface area contributed by atoms with Gasteiger partial charge in [0.15, 0.2) is 0 Å². The number of nitrogens with zero attached hydrogens (tertiary/aromatic N) is 1. The average molecular weight is 291 g/mol. The molecule has 2 rings (SSSR count). The van der Waals surface area contributed by atoms with Gasteiger partial charge < -0.3 is 9.47 Å². The van der Waals surface area contributed by atoms with Crippen molar-refractivity contribution < 1.29 is 19.1 Å². The van der Waals surface area contributed by atoms with Crippen LogP contribution in [0.4, 0.5) is 0 Å². The van der Waals surface area contributed by atoms with Gasteiger partial charge in [-0.1, -0.05) is 30.3 Å². The maximum absolute atomic E-state index is 11.2. The Hall–Kier alpha value is -1.88. The molecule has 1 heterocycles. The smallest absolute Gasteiger partial charge is 0.302 e. The van der Waals surface area contributed by atoms with Gasteiger partial charge in [-0.15, -0.1) is 0 Å². The summed E-state index contributed by atoms with van der Waals surface area (Å²) in [5.41, 5.74) is 1.19. The topological polar surface area (TPSA) is 55.8 Å². The van der Waals surface area contributed by atoms with Gasteiger partial charge in [-0.2, -0.15) is 0 Å². The fourth-order valence-corrected chi connectivity index (χ4v) is 2.67. The lowest BCUT2D eigenvalue weighted by molar-refractivity contribution is -0.150. The molecule has 0 aliphatic carbocycles. The van der Waals surface area contributed by atoms with Crippen molar-refractivity contribution in [3.8, 4) is 0 Å². The van der Waals surface area contributed by atoms with Gasteiger partial charge >= 0.3 is 11.9 Å². The Balaban J connectivity index is 2.03. The van der Waals surface area contributed by atoms with Crippen molar-refractivity contribution in [2.75, 3.05) is 13.2 Å². The SMILES string of the molecule is CC(=O)OCC1C(OC(C)=O)CCN1Cc1ccccc1.